The summed E-state index contributed by atoms with van der Waals surface area (Å²) in [4.78, 5) is 0. The first-order valence-corrected chi connectivity index (χ1v) is 17.8. The number of unbranched alkanes of at least 4 members (excludes halogenated alkanes) is 6. The first-order valence-electron chi connectivity index (χ1n) is 12.8. The fraction of sp³-hybridized carbons (Fsp3) is 0.923. The van der Waals surface area contributed by atoms with Crippen molar-refractivity contribution in [3.05, 3.63) is 13.3 Å². The Balaban J connectivity index is -0.000000211. The molecule has 0 aliphatic heterocycles. The van der Waals surface area contributed by atoms with Crippen LogP contribution in [0, 0.1) is 13.3 Å². The van der Waals surface area contributed by atoms with Gasteiger partial charge in [-0.05, 0) is 38.5 Å². The monoisotopic (exact) mass is 664 g/mol. The molecular formula is C26H58AuClP2. The average molecular weight is 665 g/mol. The standard InChI is InChI=1S/2C13H29P.Au.ClH/c2*1-5-8-11-14(4,12-9-6-2)13-10-7-3;;/h2*4-13H2,1-3H3;;1H/q;;+1;/p-1. The molecule has 30 heavy (non-hydrogen) atoms. The quantitative estimate of drug-likeness (QED) is 0.0815. The Morgan fingerprint density at radius 1 is 0.400 bits per heavy atom. The van der Waals surface area contributed by atoms with Crippen LogP contribution in [0.1, 0.15) is 119 Å². The van der Waals surface area contributed by atoms with Crippen LogP contribution in [0.25, 0.3) is 0 Å². The largest absolute Gasteiger partial charge is 1.00 e. The minimum absolute atomic E-state index is 0. The van der Waals surface area contributed by atoms with Crippen molar-refractivity contribution in [2.45, 2.75) is 119 Å². The van der Waals surface area contributed by atoms with Crippen molar-refractivity contribution in [1.82, 2.24) is 0 Å². The Morgan fingerprint density at radius 3 is 0.633 bits per heavy atom. The van der Waals surface area contributed by atoms with Crippen LogP contribution in [-0.2, 0) is 22.4 Å². The third-order valence-electron chi connectivity index (χ3n) is 5.92. The van der Waals surface area contributed by atoms with Gasteiger partial charge in [-0.15, -0.1) is 14.5 Å². The average Bonchev–Trinajstić information content (AvgIpc) is 2.71. The molecule has 0 fully saturated rings. The van der Waals surface area contributed by atoms with E-state index in [1.807, 2.05) is 0 Å². The Morgan fingerprint density at radius 2 is 0.533 bits per heavy atom. The summed E-state index contributed by atoms with van der Waals surface area (Å²) < 4.78 is 0. The van der Waals surface area contributed by atoms with Crippen molar-refractivity contribution in [1.29, 1.82) is 0 Å². The summed E-state index contributed by atoms with van der Waals surface area (Å²) in [5.41, 5.74) is 0. The molecule has 0 aliphatic carbocycles. The molecule has 190 valence electrons. The number of hydrogen-bond acceptors (Lipinski definition) is 0. The number of rotatable bonds is 18. The summed E-state index contributed by atoms with van der Waals surface area (Å²) in [6.07, 6.45) is 25.2. The molecule has 0 atom stereocenters. The van der Waals surface area contributed by atoms with E-state index >= 15 is 0 Å². The maximum atomic E-state index is 4.59. The van der Waals surface area contributed by atoms with Crippen molar-refractivity contribution >= 4 is 14.5 Å². The molecule has 0 aliphatic rings. The summed E-state index contributed by atoms with van der Waals surface area (Å²) in [7, 11) is -1.54. The van der Waals surface area contributed by atoms with E-state index in [0.717, 1.165) is 0 Å². The second kappa shape index (κ2) is 27.1. The molecule has 0 saturated heterocycles. The van der Waals surface area contributed by atoms with Crippen LogP contribution in [0.2, 0.25) is 0 Å². The molecule has 0 rings (SSSR count). The van der Waals surface area contributed by atoms with Crippen LogP contribution < -0.4 is 12.4 Å². The number of halogens is 1. The van der Waals surface area contributed by atoms with Gasteiger partial charge in [-0.1, -0.05) is 80.1 Å². The Bertz CT molecular complexity index is 240. The van der Waals surface area contributed by atoms with Gasteiger partial charge < -0.3 is 12.4 Å². The smallest absolute Gasteiger partial charge is 1.00 e. The molecule has 0 saturated carbocycles. The van der Waals surface area contributed by atoms with E-state index in [4.69, 9.17) is 0 Å². The van der Waals surface area contributed by atoms with Crippen molar-refractivity contribution in [2.24, 2.45) is 0 Å². The zero-order chi connectivity index (χ0) is 21.7. The topological polar surface area (TPSA) is 0 Å². The molecular weight excluding hydrogens is 607 g/mol. The third kappa shape index (κ3) is 24.5. The van der Waals surface area contributed by atoms with Gasteiger partial charge in [-0.3, -0.25) is 0 Å². The van der Waals surface area contributed by atoms with Gasteiger partial charge in [0.05, 0.1) is 0 Å². The molecule has 0 radical (unpaired) electrons. The zero-order valence-corrected chi connectivity index (χ0v) is 26.4. The van der Waals surface area contributed by atoms with Crippen LogP contribution in [0.5, 0.6) is 0 Å². The van der Waals surface area contributed by atoms with E-state index < -0.39 is 14.5 Å². The molecule has 0 nitrogen and oxygen atoms in total. The summed E-state index contributed by atoms with van der Waals surface area (Å²) in [5.74, 6) is 0. The van der Waals surface area contributed by atoms with Crippen LogP contribution in [0.15, 0.2) is 0 Å². The zero-order valence-electron chi connectivity index (χ0n) is 21.7. The minimum atomic E-state index is -0.769. The Labute approximate surface area is 217 Å². The van der Waals surface area contributed by atoms with E-state index in [0.29, 0.717) is 0 Å². The SMILES string of the molecule is [Au+].[CH2-][P+](CCCC)(CCCC)CCCC.[CH2-][P+](CCCC)(CCCC)CCCC.[Cl-]. The Kier molecular flexibility index (Phi) is 35.4. The van der Waals surface area contributed by atoms with E-state index in [1.165, 1.54) is 114 Å². The van der Waals surface area contributed by atoms with Crippen molar-refractivity contribution in [3.8, 4) is 0 Å². The molecule has 0 spiro atoms. The second-order valence-electron chi connectivity index (χ2n) is 9.15. The fourth-order valence-corrected chi connectivity index (χ4v) is 10.9. The van der Waals surface area contributed by atoms with Gasteiger partial charge in [0, 0.05) is 37.0 Å². The molecule has 0 aromatic rings. The van der Waals surface area contributed by atoms with Crippen molar-refractivity contribution < 1.29 is 34.8 Å². The van der Waals surface area contributed by atoms with E-state index in [1.54, 1.807) is 0 Å². The molecule has 0 unspecified atom stereocenters. The molecule has 0 aromatic carbocycles. The molecule has 0 bridgehead atoms. The first kappa shape index (κ1) is 39.1. The van der Waals surface area contributed by atoms with Crippen LogP contribution in [0.4, 0.5) is 0 Å². The van der Waals surface area contributed by atoms with Gasteiger partial charge in [0.1, 0.15) is 0 Å². The number of hydrogen-bond donors (Lipinski definition) is 0. The first-order chi connectivity index (χ1) is 13.4. The van der Waals surface area contributed by atoms with E-state index in [9.17, 15) is 0 Å². The van der Waals surface area contributed by atoms with Crippen LogP contribution >= 0.6 is 14.5 Å². The predicted molar refractivity (Wildman–Crippen MR) is 143 cm³/mol. The molecule has 0 amide bonds. The summed E-state index contributed by atoms with van der Waals surface area (Å²) in [6.45, 7) is 23.0. The normalized spacial score (nSPS) is 11.2. The van der Waals surface area contributed by atoms with Gasteiger partial charge in [0.2, 0.25) is 0 Å². The van der Waals surface area contributed by atoms with Crippen molar-refractivity contribution in [2.75, 3.05) is 37.0 Å². The van der Waals surface area contributed by atoms with Gasteiger partial charge in [-0.25, -0.2) is 0 Å². The van der Waals surface area contributed by atoms with Gasteiger partial charge in [0.25, 0.3) is 0 Å². The molecule has 0 heterocycles. The maximum Gasteiger partial charge on any atom is 1.00 e. The van der Waals surface area contributed by atoms with Crippen LogP contribution in [0.3, 0.4) is 0 Å². The van der Waals surface area contributed by atoms with Crippen LogP contribution in [-0.4, -0.2) is 37.0 Å². The molecule has 0 aromatic heterocycles. The fourth-order valence-electron chi connectivity index (χ4n) is 3.63. The van der Waals surface area contributed by atoms with Gasteiger partial charge in [0.15, 0.2) is 0 Å². The van der Waals surface area contributed by atoms with Crippen molar-refractivity contribution in [3.63, 3.8) is 0 Å². The summed E-state index contributed by atoms with van der Waals surface area (Å²) in [5, 5.41) is 0. The van der Waals surface area contributed by atoms with E-state index in [-0.39, 0.29) is 34.8 Å². The third-order valence-corrected chi connectivity index (χ3v) is 13.5. The summed E-state index contributed by atoms with van der Waals surface area (Å²) >= 11 is 0. The predicted octanol–water partition coefficient (Wildman–Crippen LogP) is 7.39. The van der Waals surface area contributed by atoms with E-state index in [2.05, 4.69) is 54.9 Å². The Hall–Kier alpha value is 1.89. The molecule has 4 heteroatoms. The second-order valence-corrected chi connectivity index (χ2v) is 17.2. The summed E-state index contributed by atoms with van der Waals surface area (Å²) in [6, 6.07) is 0. The van der Waals surface area contributed by atoms with Gasteiger partial charge >= 0.3 is 22.4 Å². The maximum absolute atomic E-state index is 4.59. The molecule has 0 N–H and O–H groups in total. The minimum Gasteiger partial charge on any atom is -1.00 e. The van der Waals surface area contributed by atoms with Gasteiger partial charge in [-0.2, -0.15) is 13.3 Å².